The third-order valence-corrected chi connectivity index (χ3v) is 8.18. The lowest BCUT2D eigenvalue weighted by Crippen LogP contribution is -2.40. The third-order valence-electron chi connectivity index (χ3n) is 5.46. The average Bonchev–Trinajstić information content (AvgIpc) is 3.30. The summed E-state index contributed by atoms with van der Waals surface area (Å²) in [5.74, 6) is 1.26. The number of benzene rings is 2. The van der Waals surface area contributed by atoms with E-state index in [4.69, 9.17) is 18.6 Å². The zero-order chi connectivity index (χ0) is 24.8. The number of oxazole rings is 1. The van der Waals surface area contributed by atoms with E-state index in [-0.39, 0.29) is 16.6 Å². The van der Waals surface area contributed by atoms with Gasteiger partial charge < -0.3 is 23.9 Å². The minimum Gasteiger partial charge on any atom is -0.493 e. The summed E-state index contributed by atoms with van der Waals surface area (Å²) in [6, 6.07) is 10.2. The fourth-order valence-corrected chi connectivity index (χ4v) is 5.70. The topological polar surface area (TPSA) is 120 Å². The van der Waals surface area contributed by atoms with Crippen molar-refractivity contribution in [3.05, 3.63) is 42.0 Å². The number of fused-ring (bicyclic) bond motifs is 1. The Morgan fingerprint density at radius 2 is 1.89 bits per heavy atom. The van der Waals surface area contributed by atoms with Crippen LogP contribution in [0.4, 0.5) is 0 Å². The summed E-state index contributed by atoms with van der Waals surface area (Å²) < 4.78 is 48.6. The molecule has 1 aliphatic rings. The zero-order valence-electron chi connectivity index (χ0n) is 19.5. The molecule has 1 saturated heterocycles. The van der Waals surface area contributed by atoms with Crippen LogP contribution in [0, 0.1) is 0 Å². The molecule has 12 heteroatoms. The van der Waals surface area contributed by atoms with Gasteiger partial charge in [-0.05, 0) is 42.3 Å². The first-order valence-electron chi connectivity index (χ1n) is 11.0. The maximum atomic E-state index is 12.9. The number of hydrogen-bond acceptors (Lipinski definition) is 9. The third kappa shape index (κ3) is 6.07. The van der Waals surface area contributed by atoms with Gasteiger partial charge >= 0.3 is 0 Å². The van der Waals surface area contributed by atoms with Crippen molar-refractivity contribution >= 4 is 38.8 Å². The lowest BCUT2D eigenvalue weighted by Gasteiger charge is -2.25. The van der Waals surface area contributed by atoms with Gasteiger partial charge in [0, 0.05) is 19.6 Å². The molecule has 1 fully saturated rings. The second kappa shape index (κ2) is 11.3. The van der Waals surface area contributed by atoms with Crippen LogP contribution in [0.5, 0.6) is 11.5 Å². The molecule has 0 saturated carbocycles. The number of aromatic nitrogens is 1. The molecular weight excluding hydrogens is 494 g/mol. The molecule has 1 amide bonds. The SMILES string of the molecule is COc1ccc(CCNC(=O)CSc2nc3cc(S(=O)(=O)N4CCOCC4)ccc3o2)cc1OC. The van der Waals surface area contributed by atoms with E-state index in [1.807, 2.05) is 18.2 Å². The fourth-order valence-electron chi connectivity index (χ4n) is 3.61. The molecule has 2 heterocycles. The highest BCUT2D eigenvalue weighted by molar-refractivity contribution is 7.99. The second-order valence-electron chi connectivity index (χ2n) is 7.70. The monoisotopic (exact) mass is 521 g/mol. The molecule has 1 aliphatic heterocycles. The summed E-state index contributed by atoms with van der Waals surface area (Å²) >= 11 is 1.15. The highest BCUT2D eigenvalue weighted by Gasteiger charge is 2.27. The molecule has 10 nitrogen and oxygen atoms in total. The number of nitrogens with zero attached hydrogens (tertiary/aromatic N) is 2. The van der Waals surface area contributed by atoms with Crippen LogP contribution >= 0.6 is 11.8 Å². The molecule has 3 aromatic rings. The zero-order valence-corrected chi connectivity index (χ0v) is 21.1. The van der Waals surface area contributed by atoms with Crippen LogP contribution in [-0.4, -0.2) is 76.4 Å². The maximum absolute atomic E-state index is 12.9. The standard InChI is InChI=1S/C23H27N3O7S2/c1-30-20-5-3-16(13-21(20)31-2)7-8-24-22(27)15-34-23-25-18-14-17(4-6-19(18)33-23)35(28,29)26-9-11-32-12-10-26/h3-6,13-14H,7-12,15H2,1-2H3,(H,24,27). The Balaban J connectivity index is 1.30. The number of carbonyl (C=O) groups excluding carboxylic acids is 1. The molecule has 35 heavy (non-hydrogen) atoms. The quantitative estimate of drug-likeness (QED) is 0.401. The van der Waals surface area contributed by atoms with E-state index in [0.717, 1.165) is 17.3 Å². The van der Waals surface area contributed by atoms with Gasteiger partial charge in [-0.15, -0.1) is 0 Å². The molecule has 188 valence electrons. The predicted octanol–water partition coefficient (Wildman–Crippen LogP) is 2.32. The average molecular weight is 522 g/mol. The molecule has 0 unspecified atom stereocenters. The molecule has 1 aromatic heterocycles. The highest BCUT2D eigenvalue weighted by atomic mass is 32.2. The van der Waals surface area contributed by atoms with E-state index in [0.29, 0.717) is 67.1 Å². The van der Waals surface area contributed by atoms with Crippen LogP contribution < -0.4 is 14.8 Å². The van der Waals surface area contributed by atoms with Crippen LogP contribution in [0.25, 0.3) is 11.1 Å². The van der Waals surface area contributed by atoms with Crippen LogP contribution in [0.15, 0.2) is 50.9 Å². The molecular formula is C23H27N3O7S2. The summed E-state index contributed by atoms with van der Waals surface area (Å²) in [7, 11) is -0.464. The van der Waals surface area contributed by atoms with Gasteiger partial charge in [0.05, 0.1) is 38.1 Å². The number of thioether (sulfide) groups is 1. The van der Waals surface area contributed by atoms with Crippen molar-refractivity contribution in [2.24, 2.45) is 0 Å². The van der Waals surface area contributed by atoms with Gasteiger partial charge in [0.2, 0.25) is 15.9 Å². The molecule has 0 spiro atoms. The van der Waals surface area contributed by atoms with Gasteiger partial charge in [0.25, 0.3) is 5.22 Å². The molecule has 0 atom stereocenters. The van der Waals surface area contributed by atoms with Gasteiger partial charge in [-0.2, -0.15) is 4.31 Å². The number of rotatable bonds is 10. The number of hydrogen-bond donors (Lipinski definition) is 1. The van der Waals surface area contributed by atoms with Crippen LogP contribution in [0.3, 0.4) is 0 Å². The van der Waals surface area contributed by atoms with E-state index >= 15 is 0 Å². The highest BCUT2D eigenvalue weighted by Crippen LogP contribution is 2.28. The van der Waals surface area contributed by atoms with E-state index in [2.05, 4.69) is 10.3 Å². The van der Waals surface area contributed by atoms with Gasteiger partial charge in [-0.25, -0.2) is 13.4 Å². The summed E-state index contributed by atoms with van der Waals surface area (Å²) in [5, 5.41) is 3.17. The molecule has 1 N–H and O–H groups in total. The van der Waals surface area contributed by atoms with Crippen LogP contribution in [0.1, 0.15) is 5.56 Å². The second-order valence-corrected chi connectivity index (χ2v) is 10.6. The molecule has 4 rings (SSSR count). The van der Waals surface area contributed by atoms with Crippen molar-refractivity contribution < 1.29 is 31.8 Å². The molecule has 0 aliphatic carbocycles. The van der Waals surface area contributed by atoms with E-state index in [1.165, 1.54) is 16.4 Å². The fraction of sp³-hybridized carbons (Fsp3) is 0.391. The van der Waals surface area contributed by atoms with Gasteiger partial charge in [0.15, 0.2) is 17.1 Å². The van der Waals surface area contributed by atoms with Crippen molar-refractivity contribution in [2.45, 2.75) is 16.5 Å². The normalized spacial score (nSPS) is 14.7. The summed E-state index contributed by atoms with van der Waals surface area (Å²) in [5.41, 5.74) is 1.90. The van der Waals surface area contributed by atoms with Gasteiger partial charge in [-0.1, -0.05) is 17.8 Å². The minimum atomic E-state index is -3.63. The summed E-state index contributed by atoms with van der Waals surface area (Å²) in [4.78, 5) is 16.8. The summed E-state index contributed by atoms with van der Waals surface area (Å²) in [6.07, 6.45) is 0.639. The Hall–Kier alpha value is -2.80. The largest absolute Gasteiger partial charge is 0.493 e. The molecule has 0 bridgehead atoms. The Morgan fingerprint density at radius 3 is 2.63 bits per heavy atom. The van der Waals surface area contributed by atoms with E-state index in [9.17, 15) is 13.2 Å². The number of carbonyl (C=O) groups is 1. The Bertz CT molecular complexity index is 1290. The van der Waals surface area contributed by atoms with Gasteiger partial charge in [0.1, 0.15) is 5.52 Å². The predicted molar refractivity (Wildman–Crippen MR) is 131 cm³/mol. The molecule has 0 radical (unpaired) electrons. The Morgan fingerprint density at radius 1 is 1.11 bits per heavy atom. The lowest BCUT2D eigenvalue weighted by molar-refractivity contribution is -0.118. The maximum Gasteiger partial charge on any atom is 0.257 e. The smallest absolute Gasteiger partial charge is 0.257 e. The lowest BCUT2D eigenvalue weighted by atomic mass is 10.1. The minimum absolute atomic E-state index is 0.123. The first-order valence-corrected chi connectivity index (χ1v) is 13.4. The Kier molecular flexibility index (Phi) is 8.16. The Labute approximate surface area is 208 Å². The van der Waals surface area contributed by atoms with Crippen molar-refractivity contribution in [3.63, 3.8) is 0 Å². The van der Waals surface area contributed by atoms with Gasteiger partial charge in [-0.3, -0.25) is 4.79 Å². The van der Waals surface area contributed by atoms with Crippen molar-refractivity contribution in [1.82, 2.24) is 14.6 Å². The molecule has 2 aromatic carbocycles. The number of methoxy groups -OCH3 is 2. The van der Waals surface area contributed by atoms with Crippen LogP contribution in [0.2, 0.25) is 0 Å². The number of ether oxygens (including phenoxy) is 3. The summed E-state index contributed by atoms with van der Waals surface area (Å²) in [6.45, 7) is 1.86. The van der Waals surface area contributed by atoms with Crippen LogP contribution in [-0.2, 0) is 26.0 Å². The number of sulfonamides is 1. The number of nitrogens with one attached hydrogen (secondary N) is 1. The van der Waals surface area contributed by atoms with E-state index in [1.54, 1.807) is 20.3 Å². The van der Waals surface area contributed by atoms with E-state index < -0.39 is 10.0 Å². The first-order chi connectivity index (χ1) is 16.9. The first kappa shape index (κ1) is 25.3. The number of morpholine rings is 1. The number of amides is 1. The van der Waals surface area contributed by atoms with Crippen molar-refractivity contribution in [1.29, 1.82) is 0 Å². The van der Waals surface area contributed by atoms with Crippen molar-refractivity contribution in [3.8, 4) is 11.5 Å². The van der Waals surface area contributed by atoms with Crippen molar-refractivity contribution in [2.75, 3.05) is 52.8 Å².